The van der Waals surface area contributed by atoms with Crippen LogP contribution < -0.4 is 0 Å². The second-order valence-corrected chi connectivity index (χ2v) is 5.29. The number of carbonyl (C=O) groups excluding carboxylic acids is 1. The minimum absolute atomic E-state index is 0.0678. The van der Waals surface area contributed by atoms with E-state index in [0.29, 0.717) is 5.76 Å². The van der Waals surface area contributed by atoms with Crippen LogP contribution in [0.15, 0.2) is 59.2 Å². The van der Waals surface area contributed by atoms with E-state index in [1.54, 1.807) is 24.5 Å². The number of benzene rings is 1. The molecule has 1 atom stereocenters. The Morgan fingerprint density at radius 1 is 1.20 bits per heavy atom. The number of allylic oxidation sites excluding steroid dienone is 3. The normalized spacial score (nSPS) is 21.0. The lowest BCUT2D eigenvalue weighted by atomic mass is 9.80. The minimum atomic E-state index is -0.580. The van der Waals surface area contributed by atoms with Crippen LogP contribution in [0.5, 0.6) is 0 Å². The summed E-state index contributed by atoms with van der Waals surface area (Å²) in [6.07, 6.45) is 6.97. The fourth-order valence-electron chi connectivity index (χ4n) is 2.79. The highest BCUT2D eigenvalue weighted by atomic mass is 16.3. The maximum absolute atomic E-state index is 12.6. The lowest BCUT2D eigenvalue weighted by molar-refractivity contribution is -0.117. The monoisotopic (exact) mass is 264 g/mol. The fourth-order valence-corrected chi connectivity index (χ4v) is 2.79. The Morgan fingerprint density at radius 3 is 2.75 bits per heavy atom. The molecule has 0 saturated heterocycles. The van der Waals surface area contributed by atoms with Crippen molar-refractivity contribution in [1.29, 1.82) is 0 Å². The van der Waals surface area contributed by atoms with Gasteiger partial charge in [0.25, 0.3) is 0 Å². The van der Waals surface area contributed by atoms with Crippen molar-refractivity contribution in [2.24, 2.45) is 0 Å². The van der Waals surface area contributed by atoms with Crippen LogP contribution in [0, 0.1) is 0 Å². The Hall–Kier alpha value is -2.35. The van der Waals surface area contributed by atoms with E-state index in [1.165, 1.54) is 0 Å². The molecule has 2 heteroatoms. The molecule has 1 aliphatic carbocycles. The van der Waals surface area contributed by atoms with E-state index in [4.69, 9.17) is 4.42 Å². The van der Waals surface area contributed by atoms with Crippen LogP contribution in [0.3, 0.4) is 0 Å². The Morgan fingerprint density at radius 2 is 2.00 bits per heavy atom. The molecule has 20 heavy (non-hydrogen) atoms. The van der Waals surface area contributed by atoms with Crippen molar-refractivity contribution >= 4 is 17.4 Å². The number of ketones is 1. The van der Waals surface area contributed by atoms with Gasteiger partial charge >= 0.3 is 0 Å². The zero-order valence-corrected chi connectivity index (χ0v) is 11.6. The molecule has 0 N–H and O–H groups in total. The first-order valence-corrected chi connectivity index (χ1v) is 6.66. The summed E-state index contributed by atoms with van der Waals surface area (Å²) in [6.45, 7) is 4.02. The van der Waals surface area contributed by atoms with Gasteiger partial charge < -0.3 is 4.42 Å². The topological polar surface area (TPSA) is 30.2 Å². The molecule has 0 aliphatic heterocycles. The number of furan rings is 1. The van der Waals surface area contributed by atoms with E-state index >= 15 is 0 Å². The van der Waals surface area contributed by atoms with Gasteiger partial charge in [0.05, 0.1) is 11.7 Å². The highest BCUT2D eigenvalue weighted by molar-refractivity contribution is 6.06. The zero-order valence-electron chi connectivity index (χ0n) is 11.6. The standard InChI is InChI=1S/C18H16O2/c1-13-12-18(2,16-8-4-3-7-15(13)16)17(19)10-9-14-6-5-11-20-14/h3-12H,1-2H3/b10-9+. The average Bonchev–Trinajstić information content (AvgIpc) is 3.05. The van der Waals surface area contributed by atoms with Crippen LogP contribution in [-0.4, -0.2) is 5.78 Å². The molecule has 1 unspecified atom stereocenters. The first-order chi connectivity index (χ1) is 9.61. The predicted octanol–water partition coefficient (Wildman–Crippen LogP) is 4.24. The molecule has 1 aromatic heterocycles. The molecule has 2 aromatic rings. The second-order valence-electron chi connectivity index (χ2n) is 5.29. The van der Waals surface area contributed by atoms with E-state index < -0.39 is 5.41 Å². The van der Waals surface area contributed by atoms with E-state index in [1.807, 2.05) is 44.2 Å². The lowest BCUT2D eigenvalue weighted by Crippen LogP contribution is -2.27. The number of rotatable bonds is 3. The van der Waals surface area contributed by atoms with Crippen molar-refractivity contribution in [3.8, 4) is 0 Å². The van der Waals surface area contributed by atoms with Gasteiger partial charge in [0.1, 0.15) is 5.76 Å². The molecule has 1 heterocycles. The molecule has 0 saturated carbocycles. The summed E-state index contributed by atoms with van der Waals surface area (Å²) >= 11 is 0. The third-order valence-electron chi connectivity index (χ3n) is 3.87. The molecular formula is C18H16O2. The van der Waals surface area contributed by atoms with Crippen molar-refractivity contribution < 1.29 is 9.21 Å². The van der Waals surface area contributed by atoms with Crippen molar-refractivity contribution in [2.75, 3.05) is 0 Å². The van der Waals surface area contributed by atoms with E-state index in [-0.39, 0.29) is 5.78 Å². The Kier molecular flexibility index (Phi) is 2.94. The number of hydrogen-bond acceptors (Lipinski definition) is 2. The summed E-state index contributed by atoms with van der Waals surface area (Å²) in [5, 5.41) is 0. The molecule has 0 bridgehead atoms. The summed E-state index contributed by atoms with van der Waals surface area (Å²) in [4.78, 5) is 12.6. The first kappa shape index (κ1) is 12.7. The van der Waals surface area contributed by atoms with Crippen LogP contribution in [0.2, 0.25) is 0 Å². The SMILES string of the molecule is CC1=CC(C)(C(=O)/C=C/c2ccco2)c2ccccc21. The molecule has 1 aliphatic rings. The Balaban J connectivity index is 1.96. The maximum Gasteiger partial charge on any atom is 0.169 e. The van der Waals surface area contributed by atoms with Crippen molar-refractivity contribution in [2.45, 2.75) is 19.3 Å². The summed E-state index contributed by atoms with van der Waals surface area (Å²) in [7, 11) is 0. The van der Waals surface area contributed by atoms with E-state index in [2.05, 4.69) is 6.07 Å². The van der Waals surface area contributed by atoms with Crippen molar-refractivity contribution in [1.82, 2.24) is 0 Å². The summed E-state index contributed by atoms with van der Waals surface area (Å²) < 4.78 is 5.22. The minimum Gasteiger partial charge on any atom is -0.465 e. The van der Waals surface area contributed by atoms with Crippen LogP contribution in [0.25, 0.3) is 11.6 Å². The lowest BCUT2D eigenvalue weighted by Gasteiger charge is -2.20. The summed E-state index contributed by atoms with van der Waals surface area (Å²) in [5.74, 6) is 0.757. The third-order valence-corrected chi connectivity index (χ3v) is 3.87. The molecule has 100 valence electrons. The summed E-state index contributed by atoms with van der Waals surface area (Å²) in [5.41, 5.74) is 2.81. The van der Waals surface area contributed by atoms with Crippen LogP contribution >= 0.6 is 0 Å². The van der Waals surface area contributed by atoms with Gasteiger partial charge in [-0.2, -0.15) is 0 Å². The molecule has 1 aromatic carbocycles. The van der Waals surface area contributed by atoms with Crippen LogP contribution in [0.1, 0.15) is 30.7 Å². The van der Waals surface area contributed by atoms with Gasteiger partial charge in [0, 0.05) is 0 Å². The van der Waals surface area contributed by atoms with Gasteiger partial charge in [-0.1, -0.05) is 30.3 Å². The highest BCUT2D eigenvalue weighted by Gasteiger charge is 2.37. The van der Waals surface area contributed by atoms with Gasteiger partial charge in [-0.3, -0.25) is 4.79 Å². The van der Waals surface area contributed by atoms with Gasteiger partial charge in [0.2, 0.25) is 0 Å². The van der Waals surface area contributed by atoms with Crippen molar-refractivity contribution in [3.63, 3.8) is 0 Å². The molecule has 0 amide bonds. The van der Waals surface area contributed by atoms with Crippen LogP contribution in [0.4, 0.5) is 0 Å². The zero-order chi connectivity index (χ0) is 14.2. The number of hydrogen-bond donors (Lipinski definition) is 0. The third kappa shape index (κ3) is 1.94. The molecule has 2 nitrogen and oxygen atoms in total. The van der Waals surface area contributed by atoms with E-state index in [0.717, 1.165) is 16.7 Å². The number of carbonyl (C=O) groups is 1. The Bertz CT molecular complexity index is 705. The summed E-state index contributed by atoms with van der Waals surface area (Å²) in [6, 6.07) is 11.7. The van der Waals surface area contributed by atoms with Gasteiger partial charge in [0.15, 0.2) is 5.78 Å². The molecule has 0 radical (unpaired) electrons. The molecule has 0 fully saturated rings. The smallest absolute Gasteiger partial charge is 0.169 e. The molecule has 3 rings (SSSR count). The molecule has 0 spiro atoms. The molecular weight excluding hydrogens is 248 g/mol. The largest absolute Gasteiger partial charge is 0.465 e. The van der Waals surface area contributed by atoms with Gasteiger partial charge in [-0.25, -0.2) is 0 Å². The van der Waals surface area contributed by atoms with Gasteiger partial charge in [-0.05, 0) is 54.8 Å². The predicted molar refractivity (Wildman–Crippen MR) is 80.2 cm³/mol. The van der Waals surface area contributed by atoms with Crippen LogP contribution in [-0.2, 0) is 10.2 Å². The second kappa shape index (κ2) is 4.64. The van der Waals surface area contributed by atoms with Gasteiger partial charge in [-0.15, -0.1) is 0 Å². The maximum atomic E-state index is 12.6. The highest BCUT2D eigenvalue weighted by Crippen LogP contribution is 2.41. The average molecular weight is 264 g/mol. The first-order valence-electron chi connectivity index (χ1n) is 6.66. The quantitative estimate of drug-likeness (QED) is 0.776. The van der Waals surface area contributed by atoms with Crippen molar-refractivity contribution in [3.05, 3.63) is 71.7 Å². The Labute approximate surface area is 118 Å². The fraction of sp³-hybridized carbons (Fsp3) is 0.167. The van der Waals surface area contributed by atoms with E-state index in [9.17, 15) is 4.79 Å². The number of fused-ring (bicyclic) bond motifs is 1.